The second kappa shape index (κ2) is 4.18. The van der Waals surface area contributed by atoms with Crippen molar-refractivity contribution in [2.45, 2.75) is 6.92 Å². The van der Waals surface area contributed by atoms with Crippen LogP contribution in [-0.4, -0.2) is 4.40 Å². The summed E-state index contributed by atoms with van der Waals surface area (Å²) in [5.74, 6) is 0. The van der Waals surface area contributed by atoms with Crippen LogP contribution in [0.2, 0.25) is 0 Å². The van der Waals surface area contributed by atoms with Gasteiger partial charge in [0.25, 0.3) is 0 Å². The minimum absolute atomic E-state index is 1.27. The number of halogens is 1. The molecule has 2 heteroatoms. The summed E-state index contributed by atoms with van der Waals surface area (Å²) in [7, 11) is 0. The molecule has 0 atom stereocenters. The first-order valence-corrected chi connectivity index (χ1v) is 6.65. The van der Waals surface area contributed by atoms with Crippen LogP contribution in [0.15, 0.2) is 54.9 Å². The van der Waals surface area contributed by atoms with Crippen molar-refractivity contribution >= 4 is 28.1 Å². The van der Waals surface area contributed by atoms with Gasteiger partial charge in [0.15, 0.2) is 0 Å². The highest BCUT2D eigenvalue weighted by Gasteiger charge is 2.03. The van der Waals surface area contributed by atoms with Crippen LogP contribution in [0.3, 0.4) is 0 Å². The molecule has 0 aliphatic carbocycles. The molecule has 0 aliphatic heterocycles. The van der Waals surface area contributed by atoms with Gasteiger partial charge < -0.3 is 4.40 Å². The zero-order valence-electron chi connectivity index (χ0n) is 9.52. The van der Waals surface area contributed by atoms with E-state index in [-0.39, 0.29) is 0 Å². The summed E-state index contributed by atoms with van der Waals surface area (Å²) in [4.78, 5) is 0. The van der Waals surface area contributed by atoms with Crippen molar-refractivity contribution in [1.29, 1.82) is 0 Å². The van der Waals surface area contributed by atoms with Gasteiger partial charge in [-0.2, -0.15) is 0 Å². The van der Waals surface area contributed by atoms with Crippen LogP contribution in [0.5, 0.6) is 0 Å². The number of hydrogen-bond donors (Lipinski definition) is 0. The van der Waals surface area contributed by atoms with E-state index in [0.717, 1.165) is 0 Å². The van der Waals surface area contributed by atoms with E-state index in [1.54, 1.807) is 0 Å². The molecule has 0 fully saturated rings. The summed E-state index contributed by atoms with van der Waals surface area (Å²) >= 11 is 2.33. The standard InChI is InChI=1S/C15H12IN/c1-11-3-2-8-17-10-13(9-15(11)17)12-4-6-14(16)7-5-12/h2-10H,1H3. The summed E-state index contributed by atoms with van der Waals surface area (Å²) in [5.41, 5.74) is 5.13. The van der Waals surface area contributed by atoms with Gasteiger partial charge in [0.1, 0.15) is 0 Å². The molecule has 3 rings (SSSR count). The summed E-state index contributed by atoms with van der Waals surface area (Å²) in [5, 5.41) is 0. The molecular weight excluding hydrogens is 321 g/mol. The van der Waals surface area contributed by atoms with Crippen LogP contribution < -0.4 is 0 Å². The Morgan fingerprint density at radius 3 is 2.47 bits per heavy atom. The predicted octanol–water partition coefficient (Wildman–Crippen LogP) is 4.52. The van der Waals surface area contributed by atoms with Gasteiger partial charge in [0.2, 0.25) is 0 Å². The van der Waals surface area contributed by atoms with Gasteiger partial charge in [-0.25, -0.2) is 0 Å². The monoisotopic (exact) mass is 333 g/mol. The maximum Gasteiger partial charge on any atom is 0.0485 e. The van der Waals surface area contributed by atoms with Crippen molar-refractivity contribution in [3.05, 3.63) is 64.0 Å². The number of aromatic nitrogens is 1. The maximum atomic E-state index is 2.33. The summed E-state index contributed by atoms with van der Waals surface area (Å²) in [6.07, 6.45) is 4.28. The summed E-state index contributed by atoms with van der Waals surface area (Å²) in [6.45, 7) is 2.15. The van der Waals surface area contributed by atoms with Crippen molar-refractivity contribution in [1.82, 2.24) is 4.40 Å². The number of hydrogen-bond acceptors (Lipinski definition) is 0. The molecular formula is C15H12IN. The molecule has 0 spiro atoms. The molecule has 0 bridgehead atoms. The highest BCUT2D eigenvalue weighted by Crippen LogP contribution is 2.24. The molecule has 0 unspecified atom stereocenters. The van der Waals surface area contributed by atoms with E-state index in [1.807, 2.05) is 0 Å². The quantitative estimate of drug-likeness (QED) is 0.577. The Balaban J connectivity index is 2.18. The summed E-state index contributed by atoms with van der Waals surface area (Å²) < 4.78 is 3.45. The Bertz CT molecular complexity index is 665. The normalized spacial score (nSPS) is 10.9. The van der Waals surface area contributed by atoms with E-state index in [9.17, 15) is 0 Å². The fourth-order valence-electron chi connectivity index (χ4n) is 2.08. The van der Waals surface area contributed by atoms with Crippen molar-refractivity contribution in [3.63, 3.8) is 0 Å². The molecule has 2 heterocycles. The average Bonchev–Trinajstić information content (AvgIpc) is 2.75. The van der Waals surface area contributed by atoms with Crippen molar-refractivity contribution < 1.29 is 0 Å². The third-order valence-corrected chi connectivity index (χ3v) is 3.74. The van der Waals surface area contributed by atoms with E-state index in [0.29, 0.717) is 0 Å². The molecule has 0 N–H and O–H groups in total. The van der Waals surface area contributed by atoms with Crippen LogP contribution in [-0.2, 0) is 0 Å². The van der Waals surface area contributed by atoms with Gasteiger partial charge >= 0.3 is 0 Å². The Labute approximate surface area is 114 Å². The van der Waals surface area contributed by atoms with E-state index in [2.05, 4.69) is 88.8 Å². The maximum absolute atomic E-state index is 2.33. The number of benzene rings is 1. The van der Waals surface area contributed by atoms with Gasteiger partial charge in [0.05, 0.1) is 0 Å². The number of aryl methyl sites for hydroxylation is 1. The van der Waals surface area contributed by atoms with Crippen LogP contribution in [0.25, 0.3) is 16.6 Å². The molecule has 3 aromatic rings. The van der Waals surface area contributed by atoms with Crippen LogP contribution in [0.4, 0.5) is 0 Å². The van der Waals surface area contributed by atoms with Gasteiger partial charge in [-0.15, -0.1) is 0 Å². The minimum Gasteiger partial charge on any atom is -0.323 e. The van der Waals surface area contributed by atoms with Crippen molar-refractivity contribution in [3.8, 4) is 11.1 Å². The van der Waals surface area contributed by atoms with E-state index >= 15 is 0 Å². The van der Waals surface area contributed by atoms with E-state index in [1.165, 1.54) is 25.8 Å². The third-order valence-electron chi connectivity index (χ3n) is 3.02. The predicted molar refractivity (Wildman–Crippen MR) is 80.3 cm³/mol. The second-order valence-electron chi connectivity index (χ2n) is 4.22. The molecule has 1 aromatic carbocycles. The summed E-state index contributed by atoms with van der Waals surface area (Å²) in [6, 6.07) is 15.1. The lowest BCUT2D eigenvalue weighted by atomic mass is 10.1. The highest BCUT2D eigenvalue weighted by atomic mass is 127. The molecule has 0 saturated carbocycles. The number of pyridine rings is 1. The fourth-order valence-corrected chi connectivity index (χ4v) is 2.44. The third kappa shape index (κ3) is 1.97. The molecule has 84 valence electrons. The number of nitrogens with zero attached hydrogens (tertiary/aromatic N) is 1. The first-order valence-electron chi connectivity index (χ1n) is 5.57. The zero-order valence-corrected chi connectivity index (χ0v) is 11.7. The molecule has 0 amide bonds. The smallest absolute Gasteiger partial charge is 0.0485 e. The lowest BCUT2D eigenvalue weighted by Crippen LogP contribution is -1.82. The van der Waals surface area contributed by atoms with Crippen molar-refractivity contribution in [2.24, 2.45) is 0 Å². The lowest BCUT2D eigenvalue weighted by molar-refractivity contribution is 1.18. The topological polar surface area (TPSA) is 4.41 Å². The van der Waals surface area contributed by atoms with Crippen LogP contribution >= 0.6 is 22.6 Å². The van der Waals surface area contributed by atoms with E-state index < -0.39 is 0 Å². The van der Waals surface area contributed by atoms with Gasteiger partial charge in [-0.1, -0.05) is 18.2 Å². The number of rotatable bonds is 1. The Hall–Kier alpha value is -1.29. The largest absolute Gasteiger partial charge is 0.323 e. The Morgan fingerprint density at radius 2 is 1.76 bits per heavy atom. The number of fused-ring (bicyclic) bond motifs is 1. The first kappa shape index (κ1) is 10.8. The van der Waals surface area contributed by atoms with Crippen molar-refractivity contribution in [2.75, 3.05) is 0 Å². The Kier molecular flexibility index (Phi) is 2.67. The van der Waals surface area contributed by atoms with Gasteiger partial charge in [0, 0.05) is 27.0 Å². The van der Waals surface area contributed by atoms with Crippen LogP contribution in [0, 0.1) is 10.5 Å². The molecule has 2 aromatic heterocycles. The molecule has 0 saturated heterocycles. The fraction of sp³-hybridized carbons (Fsp3) is 0.0667. The average molecular weight is 333 g/mol. The lowest BCUT2D eigenvalue weighted by Gasteiger charge is -1.96. The highest BCUT2D eigenvalue weighted by molar-refractivity contribution is 14.1. The van der Waals surface area contributed by atoms with E-state index in [4.69, 9.17) is 0 Å². The Morgan fingerprint density at radius 1 is 1.00 bits per heavy atom. The molecule has 17 heavy (non-hydrogen) atoms. The molecule has 0 radical (unpaired) electrons. The van der Waals surface area contributed by atoms with Crippen LogP contribution in [0.1, 0.15) is 5.56 Å². The van der Waals surface area contributed by atoms with Gasteiger partial charge in [-0.3, -0.25) is 0 Å². The van der Waals surface area contributed by atoms with Gasteiger partial charge in [-0.05, 0) is 64.9 Å². The molecule has 0 aliphatic rings. The first-order chi connectivity index (χ1) is 8.24. The molecule has 1 nitrogen and oxygen atoms in total. The second-order valence-corrected chi connectivity index (χ2v) is 5.47. The SMILES string of the molecule is Cc1cccn2cc(-c3ccc(I)cc3)cc12. The minimum atomic E-state index is 1.27. The zero-order chi connectivity index (χ0) is 11.8.